The van der Waals surface area contributed by atoms with Crippen LogP contribution in [0.1, 0.15) is 0 Å². The molecule has 2 atom stereocenters. The maximum absolute atomic E-state index is 9.24. The van der Waals surface area contributed by atoms with Crippen molar-refractivity contribution in [3.63, 3.8) is 0 Å². The molecule has 5 nitrogen and oxygen atoms in total. The Morgan fingerprint density at radius 3 is 1.18 bits per heavy atom. The van der Waals surface area contributed by atoms with Crippen molar-refractivity contribution in [2.45, 2.75) is 0 Å². The fourth-order valence-corrected chi connectivity index (χ4v) is 0.490. The van der Waals surface area contributed by atoms with Gasteiger partial charge in [-0.15, -0.1) is 13.2 Å². The van der Waals surface area contributed by atoms with Gasteiger partial charge in [-0.2, -0.15) is 0 Å². The molecule has 0 aromatic heterocycles. The summed E-state index contributed by atoms with van der Waals surface area (Å²) in [4.78, 5) is 18.5. The molecule has 0 rings (SSSR count). The molecule has 0 radical (unpaired) electrons. The molecule has 0 amide bonds. The maximum atomic E-state index is 9.24. The number of hydrogen-bond donors (Lipinski definition) is 0. The predicted octanol–water partition coefficient (Wildman–Crippen LogP) is -6.15. The molecule has 9 heteroatoms. The predicted molar refractivity (Wildman–Crippen MR) is 27.6 cm³/mol. The Balaban J connectivity index is -0.0000000564. The van der Waals surface area contributed by atoms with Gasteiger partial charge in [-0.3, -0.25) is 0 Å². The van der Waals surface area contributed by atoms with E-state index in [0.717, 1.165) is 0 Å². The first-order valence-electron chi connectivity index (χ1n) is 1.60. The van der Waals surface area contributed by atoms with Crippen molar-refractivity contribution >= 4 is 16.5 Å². The Labute approximate surface area is 111 Å². The molecule has 0 aromatic carbocycles. The first-order valence-corrected chi connectivity index (χ1v) is 3.79. The van der Waals surface area contributed by atoms with Crippen LogP contribution in [0.3, 0.4) is 0 Å². The summed E-state index contributed by atoms with van der Waals surface area (Å²) in [7, 11) is -6.47. The van der Waals surface area contributed by atoms with Crippen LogP contribution >= 0.6 is 16.5 Å². The molecule has 0 heterocycles. The Bertz CT molecular complexity index is 107. The van der Waals surface area contributed by atoms with Crippen molar-refractivity contribution in [1.29, 1.82) is 0 Å². The van der Waals surface area contributed by atoms with Crippen LogP contribution < -0.4 is 68.9 Å². The second-order valence-electron chi connectivity index (χ2n) is 0.529. The molecule has 0 aliphatic rings. The summed E-state index contributed by atoms with van der Waals surface area (Å²) >= 11 is 0. The zero-order valence-electron chi connectivity index (χ0n) is 6.35. The summed E-state index contributed by atoms with van der Waals surface area (Å²) in [6.45, 7) is 6.00. The molecular formula is C2H4Na2O5P2+2. The third-order valence-electron chi connectivity index (χ3n) is 0.133. The molecular weight excluding hydrogens is 212 g/mol. The average molecular weight is 216 g/mol. The van der Waals surface area contributed by atoms with Gasteiger partial charge < -0.3 is 9.79 Å². The minimum Gasteiger partial charge on any atom is -0.563 e. The Hall–Kier alpha value is 1.82. The zero-order chi connectivity index (χ0) is 7.86. The first-order chi connectivity index (χ1) is 4.13. The van der Waals surface area contributed by atoms with Crippen molar-refractivity contribution in [2.24, 2.45) is 0 Å². The monoisotopic (exact) mass is 216 g/mol. The third-order valence-corrected chi connectivity index (χ3v) is 1.20. The van der Waals surface area contributed by atoms with Crippen LogP contribution in [-0.2, 0) is 13.4 Å². The van der Waals surface area contributed by atoms with Crippen molar-refractivity contribution in [1.82, 2.24) is 0 Å². The molecule has 0 saturated heterocycles. The van der Waals surface area contributed by atoms with Gasteiger partial charge in [-0.1, -0.05) is 0 Å². The average Bonchev–Trinajstić information content (AvgIpc) is 1.68. The van der Waals surface area contributed by atoms with E-state index in [0.29, 0.717) is 0 Å². The van der Waals surface area contributed by atoms with E-state index in [1.54, 1.807) is 0 Å². The van der Waals surface area contributed by atoms with E-state index in [1.807, 2.05) is 0 Å². The molecule has 0 aromatic rings. The minimum absolute atomic E-state index is 0. The van der Waals surface area contributed by atoms with Crippen molar-refractivity contribution in [3.8, 4) is 0 Å². The van der Waals surface area contributed by atoms with Crippen molar-refractivity contribution in [2.75, 3.05) is 0 Å². The van der Waals surface area contributed by atoms with Crippen LogP contribution in [-0.4, -0.2) is 0 Å². The summed E-state index contributed by atoms with van der Waals surface area (Å²) in [5.74, 6) is 0. The van der Waals surface area contributed by atoms with E-state index in [1.165, 1.54) is 0 Å². The van der Waals surface area contributed by atoms with E-state index in [4.69, 9.17) is 0 Å². The van der Waals surface area contributed by atoms with Gasteiger partial charge in [0.1, 0.15) is 4.31 Å². The summed E-state index contributed by atoms with van der Waals surface area (Å²) in [5.41, 5.74) is 0. The first kappa shape index (κ1) is 23.0. The summed E-state index contributed by atoms with van der Waals surface area (Å²) in [5, 5.41) is 0. The van der Waals surface area contributed by atoms with Crippen LogP contribution in [0.15, 0.2) is 13.2 Å². The van der Waals surface area contributed by atoms with Crippen molar-refractivity contribution < 1.29 is 82.3 Å². The third kappa shape index (κ3) is 33.7. The van der Waals surface area contributed by atoms with Crippen molar-refractivity contribution in [3.05, 3.63) is 13.2 Å². The Kier molecular flexibility index (Phi) is 37.2. The van der Waals surface area contributed by atoms with Gasteiger partial charge in [0, 0.05) is 0 Å². The smallest absolute Gasteiger partial charge is 0.563 e. The normalized spacial score (nSPS) is 8.91. The Morgan fingerprint density at radius 2 is 1.18 bits per heavy atom. The van der Waals surface area contributed by atoms with E-state index in [9.17, 15) is 18.9 Å². The number of hydrogen-bond acceptors (Lipinski definition) is 5. The van der Waals surface area contributed by atoms with E-state index in [2.05, 4.69) is 17.5 Å². The molecule has 0 saturated carbocycles. The fraction of sp³-hybridized carbons (Fsp3) is 0. The standard InChI is InChI=1S/C2H4.2Na.O5P2/c1-2;;;1-6(2)5-7(3)4/h1-2H2;;;/q;2*+1;. The Morgan fingerprint density at radius 1 is 1.00 bits per heavy atom. The van der Waals surface area contributed by atoms with Crippen LogP contribution in [0.5, 0.6) is 0 Å². The minimum atomic E-state index is -3.24. The second-order valence-corrected chi connectivity index (χ2v) is 2.08. The van der Waals surface area contributed by atoms with Gasteiger partial charge in [-0.25, -0.2) is 0 Å². The zero-order valence-corrected chi connectivity index (χ0v) is 12.1. The SMILES string of the molecule is C=C.O=[P+]([O-])O[P+](=O)[O-].[Na+].[Na+]. The van der Waals surface area contributed by atoms with Gasteiger partial charge >= 0.3 is 75.6 Å². The van der Waals surface area contributed by atoms with Crippen LogP contribution in [0.4, 0.5) is 0 Å². The molecule has 0 fully saturated rings. The van der Waals surface area contributed by atoms with Crippen LogP contribution in [0.25, 0.3) is 0 Å². The van der Waals surface area contributed by atoms with Gasteiger partial charge in [0.2, 0.25) is 0 Å². The van der Waals surface area contributed by atoms with Gasteiger partial charge in [0.25, 0.3) is 0 Å². The second kappa shape index (κ2) is 17.8. The summed E-state index contributed by atoms with van der Waals surface area (Å²) in [6.07, 6.45) is 0. The van der Waals surface area contributed by atoms with E-state index in [-0.39, 0.29) is 59.1 Å². The molecule has 0 aliphatic carbocycles. The maximum Gasteiger partial charge on any atom is 1.00 e. The van der Waals surface area contributed by atoms with Gasteiger partial charge in [0.05, 0.1) is 0 Å². The molecule has 2 unspecified atom stereocenters. The van der Waals surface area contributed by atoms with Crippen LogP contribution in [0.2, 0.25) is 0 Å². The van der Waals surface area contributed by atoms with E-state index < -0.39 is 16.5 Å². The topological polar surface area (TPSA) is 89.5 Å². The molecule has 11 heavy (non-hydrogen) atoms. The fourth-order valence-electron chi connectivity index (χ4n) is 0.0544. The largest absolute Gasteiger partial charge is 1.00 e. The summed E-state index contributed by atoms with van der Waals surface area (Å²) in [6, 6.07) is 0. The molecule has 0 aliphatic heterocycles. The quantitative estimate of drug-likeness (QED) is 0.260. The molecule has 0 bridgehead atoms. The summed E-state index contributed by atoms with van der Waals surface area (Å²) < 4.78 is 21.6. The molecule has 0 N–H and O–H groups in total. The molecule has 52 valence electrons. The molecule has 0 spiro atoms. The van der Waals surface area contributed by atoms with Gasteiger partial charge in [0.15, 0.2) is 0 Å². The van der Waals surface area contributed by atoms with Gasteiger partial charge in [-0.05, 0) is 9.13 Å². The van der Waals surface area contributed by atoms with Crippen LogP contribution in [0, 0.1) is 0 Å². The number of rotatable bonds is 2. The van der Waals surface area contributed by atoms with E-state index >= 15 is 0 Å².